The molecule has 1 saturated heterocycles. The van der Waals surface area contributed by atoms with Crippen molar-refractivity contribution in [1.82, 2.24) is 25.2 Å². The van der Waals surface area contributed by atoms with Crippen LogP contribution in [-0.4, -0.2) is 43.7 Å². The fraction of sp³-hybridized carbons (Fsp3) is 0.227. The minimum atomic E-state index is -0.621. The number of hydrogen-bond acceptors (Lipinski definition) is 6. The SMILES string of the molecule is O=C1CCC(N2Cc3cc(Cn4cc(Oc5ccc(Br)cc5)nn4)ccc3C2=O)C(=O)N1. The van der Waals surface area contributed by atoms with Gasteiger partial charge < -0.3 is 9.64 Å². The van der Waals surface area contributed by atoms with E-state index in [1.165, 1.54) is 4.90 Å². The lowest BCUT2D eigenvalue weighted by molar-refractivity contribution is -0.136. The Balaban J connectivity index is 1.27. The lowest BCUT2D eigenvalue weighted by Crippen LogP contribution is -2.52. The number of imide groups is 1. The number of rotatable bonds is 5. The van der Waals surface area contributed by atoms with Crippen LogP contribution in [0.25, 0.3) is 0 Å². The van der Waals surface area contributed by atoms with Crippen LogP contribution in [0.2, 0.25) is 0 Å². The van der Waals surface area contributed by atoms with Gasteiger partial charge in [0.05, 0.1) is 12.7 Å². The molecule has 0 radical (unpaired) electrons. The van der Waals surface area contributed by atoms with E-state index in [1.54, 1.807) is 16.9 Å². The summed E-state index contributed by atoms with van der Waals surface area (Å²) in [7, 11) is 0. The van der Waals surface area contributed by atoms with Crippen molar-refractivity contribution >= 4 is 33.7 Å². The zero-order valence-corrected chi connectivity index (χ0v) is 18.4. The number of halogens is 1. The Kier molecular flexibility index (Phi) is 5.22. The van der Waals surface area contributed by atoms with E-state index in [9.17, 15) is 14.4 Å². The lowest BCUT2D eigenvalue weighted by Gasteiger charge is -2.29. The minimum Gasteiger partial charge on any atom is -0.436 e. The molecule has 1 fully saturated rings. The molecule has 2 aliphatic heterocycles. The van der Waals surface area contributed by atoms with Crippen LogP contribution in [-0.2, 0) is 22.7 Å². The van der Waals surface area contributed by atoms with E-state index in [2.05, 4.69) is 31.6 Å². The molecular formula is C22H18BrN5O4. The van der Waals surface area contributed by atoms with E-state index < -0.39 is 11.9 Å². The van der Waals surface area contributed by atoms with Crippen molar-refractivity contribution < 1.29 is 19.1 Å². The summed E-state index contributed by atoms with van der Waals surface area (Å²) in [4.78, 5) is 37.9. The van der Waals surface area contributed by atoms with Gasteiger partial charge in [-0.1, -0.05) is 38.4 Å². The number of carbonyl (C=O) groups excluding carboxylic acids is 3. The molecule has 0 saturated carbocycles. The Labute approximate surface area is 191 Å². The first-order valence-corrected chi connectivity index (χ1v) is 10.9. The molecule has 1 unspecified atom stereocenters. The van der Waals surface area contributed by atoms with Gasteiger partial charge in [-0.05, 0) is 47.9 Å². The van der Waals surface area contributed by atoms with Crippen LogP contribution in [0.5, 0.6) is 11.6 Å². The van der Waals surface area contributed by atoms with E-state index in [-0.39, 0.29) is 18.2 Å². The summed E-state index contributed by atoms with van der Waals surface area (Å²) in [6.45, 7) is 0.792. The molecule has 9 nitrogen and oxygen atoms in total. The largest absolute Gasteiger partial charge is 0.436 e. The highest BCUT2D eigenvalue weighted by Gasteiger charge is 2.39. The summed E-state index contributed by atoms with van der Waals surface area (Å²) < 4.78 is 8.33. The van der Waals surface area contributed by atoms with Gasteiger partial charge in [0.2, 0.25) is 11.8 Å². The van der Waals surface area contributed by atoms with E-state index >= 15 is 0 Å². The number of nitrogens with zero attached hydrogens (tertiary/aromatic N) is 4. The third-order valence-corrected chi connectivity index (χ3v) is 6.01. The van der Waals surface area contributed by atoms with Crippen molar-refractivity contribution in [3.8, 4) is 11.6 Å². The molecule has 1 aromatic heterocycles. The van der Waals surface area contributed by atoms with Crippen molar-refractivity contribution in [3.05, 3.63) is 69.8 Å². The number of piperidine rings is 1. The Morgan fingerprint density at radius 1 is 1.12 bits per heavy atom. The number of aromatic nitrogens is 3. The van der Waals surface area contributed by atoms with Gasteiger partial charge in [0.15, 0.2) is 0 Å². The van der Waals surface area contributed by atoms with Gasteiger partial charge in [-0.15, -0.1) is 0 Å². The third kappa shape index (κ3) is 4.01. The van der Waals surface area contributed by atoms with Crippen LogP contribution in [0.3, 0.4) is 0 Å². The molecule has 3 amide bonds. The summed E-state index contributed by atoms with van der Waals surface area (Å²) in [5.74, 6) is 0.141. The summed E-state index contributed by atoms with van der Waals surface area (Å²) in [6, 6.07) is 12.4. The third-order valence-electron chi connectivity index (χ3n) is 5.49. The molecule has 5 rings (SSSR count). The number of benzene rings is 2. The maximum absolute atomic E-state index is 12.8. The smallest absolute Gasteiger partial charge is 0.258 e. The van der Waals surface area contributed by atoms with Crippen molar-refractivity contribution in [2.45, 2.75) is 32.0 Å². The van der Waals surface area contributed by atoms with E-state index in [1.807, 2.05) is 36.4 Å². The first kappa shape index (κ1) is 20.4. The Hall–Kier alpha value is -3.53. The van der Waals surface area contributed by atoms with Crippen LogP contribution < -0.4 is 10.1 Å². The van der Waals surface area contributed by atoms with Gasteiger partial charge in [0.1, 0.15) is 11.8 Å². The van der Waals surface area contributed by atoms with Gasteiger partial charge in [0.25, 0.3) is 11.8 Å². The first-order chi connectivity index (χ1) is 15.5. The van der Waals surface area contributed by atoms with Crippen LogP contribution >= 0.6 is 15.9 Å². The van der Waals surface area contributed by atoms with Crippen molar-refractivity contribution in [2.75, 3.05) is 0 Å². The zero-order chi connectivity index (χ0) is 22.2. The van der Waals surface area contributed by atoms with E-state index in [0.29, 0.717) is 36.7 Å². The lowest BCUT2D eigenvalue weighted by atomic mass is 10.0. The standard InChI is InChI=1S/C22H18BrN5O4/c23-15-2-4-16(5-3-15)32-20-12-27(26-25-20)10-13-1-6-17-14(9-13)11-28(22(17)31)18-7-8-19(29)24-21(18)30/h1-6,9,12,18H,7-8,10-11H2,(H,24,29,30). The van der Waals surface area contributed by atoms with Gasteiger partial charge in [-0.3, -0.25) is 19.7 Å². The number of nitrogens with one attached hydrogen (secondary N) is 1. The minimum absolute atomic E-state index is 0.188. The molecule has 0 spiro atoms. The number of carbonyl (C=O) groups is 3. The van der Waals surface area contributed by atoms with Crippen LogP contribution in [0.1, 0.15) is 34.3 Å². The summed E-state index contributed by atoms with van der Waals surface area (Å²) >= 11 is 3.38. The Bertz CT molecular complexity index is 1220. The predicted molar refractivity (Wildman–Crippen MR) is 116 cm³/mol. The normalized spacial score (nSPS) is 18.0. The molecular weight excluding hydrogens is 478 g/mol. The maximum atomic E-state index is 12.8. The van der Waals surface area contributed by atoms with Crippen molar-refractivity contribution in [3.63, 3.8) is 0 Å². The molecule has 2 aromatic carbocycles. The van der Waals surface area contributed by atoms with Crippen LogP contribution in [0.4, 0.5) is 0 Å². The molecule has 32 heavy (non-hydrogen) atoms. The first-order valence-electron chi connectivity index (χ1n) is 10.1. The van der Waals surface area contributed by atoms with Gasteiger partial charge >= 0.3 is 0 Å². The number of hydrogen-bond donors (Lipinski definition) is 1. The van der Waals surface area contributed by atoms with Gasteiger partial charge in [-0.2, -0.15) is 0 Å². The van der Waals surface area contributed by atoms with Crippen molar-refractivity contribution in [1.29, 1.82) is 0 Å². The van der Waals surface area contributed by atoms with Crippen LogP contribution in [0, 0.1) is 0 Å². The van der Waals surface area contributed by atoms with Gasteiger partial charge in [0, 0.05) is 23.0 Å². The Morgan fingerprint density at radius 2 is 1.94 bits per heavy atom. The quantitative estimate of drug-likeness (QED) is 0.545. The summed E-state index contributed by atoms with van der Waals surface area (Å²) in [5.41, 5.74) is 2.38. The van der Waals surface area contributed by atoms with E-state index in [4.69, 9.17) is 4.74 Å². The molecule has 10 heteroatoms. The zero-order valence-electron chi connectivity index (χ0n) is 16.8. The average Bonchev–Trinajstić information content (AvgIpc) is 3.33. The summed E-state index contributed by atoms with van der Waals surface area (Å²) in [5, 5.41) is 10.5. The van der Waals surface area contributed by atoms with Gasteiger partial charge in [-0.25, -0.2) is 4.68 Å². The fourth-order valence-electron chi connectivity index (χ4n) is 3.94. The molecule has 3 heterocycles. The highest BCUT2D eigenvalue weighted by Crippen LogP contribution is 2.28. The second-order valence-corrected chi connectivity index (χ2v) is 8.62. The fourth-order valence-corrected chi connectivity index (χ4v) is 4.21. The highest BCUT2D eigenvalue weighted by molar-refractivity contribution is 9.10. The predicted octanol–water partition coefficient (Wildman–Crippen LogP) is 2.64. The molecule has 2 aliphatic rings. The second-order valence-electron chi connectivity index (χ2n) is 7.70. The topological polar surface area (TPSA) is 106 Å². The van der Waals surface area contributed by atoms with E-state index in [0.717, 1.165) is 15.6 Å². The number of amides is 3. The molecule has 0 aliphatic carbocycles. The summed E-state index contributed by atoms with van der Waals surface area (Å²) in [6.07, 6.45) is 2.28. The average molecular weight is 496 g/mol. The monoisotopic (exact) mass is 495 g/mol. The number of ether oxygens (including phenoxy) is 1. The highest BCUT2D eigenvalue weighted by atomic mass is 79.9. The molecule has 162 valence electrons. The number of fused-ring (bicyclic) bond motifs is 1. The second kappa shape index (κ2) is 8.19. The molecule has 1 atom stereocenters. The maximum Gasteiger partial charge on any atom is 0.258 e. The van der Waals surface area contributed by atoms with Crippen molar-refractivity contribution in [2.24, 2.45) is 0 Å². The van der Waals surface area contributed by atoms with Crippen LogP contribution in [0.15, 0.2) is 53.1 Å². The molecule has 3 aromatic rings. The molecule has 0 bridgehead atoms. The molecule has 1 N–H and O–H groups in total. The Morgan fingerprint density at radius 3 is 2.72 bits per heavy atom.